The molecule has 0 amide bonds. The lowest BCUT2D eigenvalue weighted by atomic mass is 10.0. The quantitative estimate of drug-likeness (QED) is 0.846. The largest absolute Gasteiger partial charge is 0.387 e. The van der Waals surface area contributed by atoms with Gasteiger partial charge in [-0.2, -0.15) is 0 Å². The highest BCUT2D eigenvalue weighted by Crippen LogP contribution is 2.21. The molecular weight excluding hydrogens is 308 g/mol. The van der Waals surface area contributed by atoms with E-state index in [1.807, 2.05) is 60.7 Å². The molecule has 1 saturated heterocycles. The van der Waals surface area contributed by atoms with Crippen molar-refractivity contribution in [1.82, 2.24) is 0 Å². The molecule has 0 saturated carbocycles. The maximum Gasteiger partial charge on any atom is 0.183 e. The van der Waals surface area contributed by atoms with Crippen LogP contribution < -0.4 is 0 Å². The molecule has 2 aromatic carbocycles. The van der Waals surface area contributed by atoms with Gasteiger partial charge in [0.05, 0.1) is 19.8 Å². The van der Waals surface area contributed by atoms with Gasteiger partial charge in [0.1, 0.15) is 18.3 Å². The highest BCUT2D eigenvalue weighted by molar-refractivity contribution is 5.14. The van der Waals surface area contributed by atoms with E-state index >= 15 is 0 Å². The van der Waals surface area contributed by atoms with Gasteiger partial charge in [0, 0.05) is 0 Å². The van der Waals surface area contributed by atoms with Crippen LogP contribution in [0, 0.1) is 0 Å². The number of rotatable bonds is 6. The first-order valence-corrected chi connectivity index (χ1v) is 8.03. The molecule has 5 nitrogen and oxygen atoms in total. The number of aliphatic hydroxyl groups excluding tert-OH is 2. The summed E-state index contributed by atoms with van der Waals surface area (Å²) in [6, 6.07) is 19.3. The minimum Gasteiger partial charge on any atom is -0.387 e. The van der Waals surface area contributed by atoms with Crippen molar-refractivity contribution < 1.29 is 24.4 Å². The number of hydrogen-bond donors (Lipinski definition) is 2. The predicted molar refractivity (Wildman–Crippen MR) is 88.0 cm³/mol. The molecule has 3 rings (SSSR count). The summed E-state index contributed by atoms with van der Waals surface area (Å²) in [7, 11) is 0. The fraction of sp³-hybridized carbons (Fsp3) is 0.368. The van der Waals surface area contributed by atoms with E-state index in [2.05, 4.69) is 0 Å². The number of aliphatic hydroxyl groups is 2. The van der Waals surface area contributed by atoms with Crippen LogP contribution in [0.5, 0.6) is 0 Å². The fourth-order valence-corrected chi connectivity index (χ4v) is 2.64. The van der Waals surface area contributed by atoms with Crippen LogP contribution in [0.15, 0.2) is 60.7 Å². The van der Waals surface area contributed by atoms with Crippen molar-refractivity contribution in [3.8, 4) is 0 Å². The lowest BCUT2D eigenvalue weighted by Crippen LogP contribution is -2.54. The fourth-order valence-electron chi connectivity index (χ4n) is 2.64. The van der Waals surface area contributed by atoms with Crippen LogP contribution in [0.2, 0.25) is 0 Å². The van der Waals surface area contributed by atoms with Crippen LogP contribution in [0.3, 0.4) is 0 Å². The maximum absolute atomic E-state index is 10.5. The standard InChI is InChI=1S/C19H22O5/c20-17-16(22-11-14-7-3-1-4-8-14)13-24-19(21)18(17)23-12-15-9-5-2-6-10-15/h1-10,16-21H,11-13H2/t16-,17?,18?,19?/m1/s1. The Bertz CT molecular complexity index is 604. The van der Waals surface area contributed by atoms with Gasteiger partial charge in [-0.05, 0) is 11.1 Å². The maximum atomic E-state index is 10.5. The first kappa shape index (κ1) is 17.1. The van der Waals surface area contributed by atoms with Crippen molar-refractivity contribution in [3.05, 3.63) is 71.8 Å². The van der Waals surface area contributed by atoms with Gasteiger partial charge in [0.15, 0.2) is 6.29 Å². The molecule has 1 aliphatic rings. The van der Waals surface area contributed by atoms with Gasteiger partial charge in [0.2, 0.25) is 0 Å². The molecular formula is C19H22O5. The van der Waals surface area contributed by atoms with E-state index in [4.69, 9.17) is 14.2 Å². The van der Waals surface area contributed by atoms with Crippen LogP contribution in [0.1, 0.15) is 11.1 Å². The van der Waals surface area contributed by atoms with Crippen molar-refractivity contribution in [3.63, 3.8) is 0 Å². The van der Waals surface area contributed by atoms with E-state index in [1.54, 1.807) is 0 Å². The van der Waals surface area contributed by atoms with E-state index in [1.165, 1.54) is 0 Å². The van der Waals surface area contributed by atoms with Gasteiger partial charge >= 0.3 is 0 Å². The Morgan fingerprint density at radius 3 is 1.96 bits per heavy atom. The average Bonchev–Trinajstić information content (AvgIpc) is 2.63. The van der Waals surface area contributed by atoms with Crippen LogP contribution in [0.25, 0.3) is 0 Å². The highest BCUT2D eigenvalue weighted by Gasteiger charge is 2.40. The van der Waals surface area contributed by atoms with Crippen LogP contribution >= 0.6 is 0 Å². The minimum atomic E-state index is -1.17. The van der Waals surface area contributed by atoms with E-state index in [9.17, 15) is 10.2 Å². The zero-order valence-electron chi connectivity index (χ0n) is 13.3. The molecule has 0 spiro atoms. The Kier molecular flexibility index (Phi) is 5.96. The molecule has 0 bridgehead atoms. The van der Waals surface area contributed by atoms with Gasteiger partial charge in [-0.3, -0.25) is 0 Å². The normalized spacial score (nSPS) is 27.1. The van der Waals surface area contributed by atoms with Crippen LogP contribution in [-0.2, 0) is 27.4 Å². The SMILES string of the molecule is OC1OC[C@@H](OCc2ccccc2)C(O)C1OCc1ccccc1. The number of ether oxygens (including phenoxy) is 3. The highest BCUT2D eigenvalue weighted by atomic mass is 16.7. The summed E-state index contributed by atoms with van der Waals surface area (Å²) >= 11 is 0. The van der Waals surface area contributed by atoms with E-state index < -0.39 is 24.6 Å². The summed E-state index contributed by atoms with van der Waals surface area (Å²) in [5.74, 6) is 0. The molecule has 0 aliphatic carbocycles. The van der Waals surface area contributed by atoms with Crippen LogP contribution in [0.4, 0.5) is 0 Å². The van der Waals surface area contributed by atoms with Crippen molar-refractivity contribution in [2.45, 2.75) is 37.8 Å². The second-order valence-electron chi connectivity index (χ2n) is 5.81. The van der Waals surface area contributed by atoms with Gasteiger partial charge in [-0.25, -0.2) is 0 Å². The molecule has 4 atom stereocenters. The van der Waals surface area contributed by atoms with E-state index in [0.717, 1.165) is 11.1 Å². The van der Waals surface area contributed by atoms with Gasteiger partial charge < -0.3 is 24.4 Å². The van der Waals surface area contributed by atoms with Crippen LogP contribution in [-0.4, -0.2) is 41.4 Å². The molecule has 2 N–H and O–H groups in total. The second kappa shape index (κ2) is 8.37. The Morgan fingerprint density at radius 1 is 0.833 bits per heavy atom. The first-order chi connectivity index (χ1) is 11.7. The Morgan fingerprint density at radius 2 is 1.38 bits per heavy atom. The minimum absolute atomic E-state index is 0.125. The topological polar surface area (TPSA) is 68.2 Å². The summed E-state index contributed by atoms with van der Waals surface area (Å²) in [6.07, 6.45) is -3.52. The Balaban J connectivity index is 1.55. The Hall–Kier alpha value is -1.76. The molecule has 2 aromatic rings. The molecule has 24 heavy (non-hydrogen) atoms. The predicted octanol–water partition coefficient (Wildman–Crippen LogP) is 1.87. The molecule has 3 unspecified atom stereocenters. The summed E-state index contributed by atoms with van der Waals surface area (Å²) in [6.45, 7) is 0.780. The zero-order chi connectivity index (χ0) is 16.8. The molecule has 128 valence electrons. The molecule has 1 heterocycles. The molecule has 5 heteroatoms. The summed E-state index contributed by atoms with van der Waals surface area (Å²) in [5, 5.41) is 20.4. The number of benzene rings is 2. The summed E-state index contributed by atoms with van der Waals surface area (Å²) in [4.78, 5) is 0. The molecule has 0 aromatic heterocycles. The molecule has 1 fully saturated rings. The first-order valence-electron chi connectivity index (χ1n) is 8.03. The van der Waals surface area contributed by atoms with E-state index in [0.29, 0.717) is 6.61 Å². The van der Waals surface area contributed by atoms with Gasteiger partial charge in [-0.1, -0.05) is 60.7 Å². The zero-order valence-corrected chi connectivity index (χ0v) is 13.3. The van der Waals surface area contributed by atoms with Crippen molar-refractivity contribution in [2.75, 3.05) is 6.61 Å². The monoisotopic (exact) mass is 330 g/mol. The number of hydrogen-bond acceptors (Lipinski definition) is 5. The molecule has 1 aliphatic heterocycles. The summed E-state index contributed by atoms with van der Waals surface area (Å²) in [5.41, 5.74) is 1.97. The third-order valence-corrected chi connectivity index (χ3v) is 4.02. The second-order valence-corrected chi connectivity index (χ2v) is 5.81. The third-order valence-electron chi connectivity index (χ3n) is 4.02. The average molecular weight is 330 g/mol. The summed E-state index contributed by atoms with van der Waals surface area (Å²) < 4.78 is 16.7. The van der Waals surface area contributed by atoms with Crippen molar-refractivity contribution in [1.29, 1.82) is 0 Å². The van der Waals surface area contributed by atoms with E-state index in [-0.39, 0.29) is 13.2 Å². The van der Waals surface area contributed by atoms with Gasteiger partial charge in [-0.15, -0.1) is 0 Å². The Labute approximate surface area is 141 Å². The van der Waals surface area contributed by atoms with Gasteiger partial charge in [0.25, 0.3) is 0 Å². The smallest absolute Gasteiger partial charge is 0.183 e. The molecule has 0 radical (unpaired) electrons. The van der Waals surface area contributed by atoms with Crippen molar-refractivity contribution >= 4 is 0 Å². The van der Waals surface area contributed by atoms with Crippen molar-refractivity contribution in [2.24, 2.45) is 0 Å². The third kappa shape index (κ3) is 4.41. The lowest BCUT2D eigenvalue weighted by Gasteiger charge is -2.37. The lowest BCUT2D eigenvalue weighted by molar-refractivity contribution is -0.276.